The summed E-state index contributed by atoms with van der Waals surface area (Å²) in [6, 6.07) is 3.55. The second-order valence-electron chi connectivity index (χ2n) is 5.48. The number of amides is 1. The molecule has 2 rings (SSSR count). The molecule has 0 aliphatic heterocycles. The molecule has 1 atom stereocenters. The lowest BCUT2D eigenvalue weighted by Gasteiger charge is -2.18. The molecule has 2 heterocycles. The van der Waals surface area contributed by atoms with Crippen LogP contribution in [0.15, 0.2) is 36.9 Å². The highest BCUT2D eigenvalue weighted by Crippen LogP contribution is 2.17. The molecular weight excluding hydrogens is 278 g/mol. The van der Waals surface area contributed by atoms with Crippen molar-refractivity contribution in [2.75, 3.05) is 18.4 Å². The third-order valence-electron chi connectivity index (χ3n) is 3.43. The predicted molar refractivity (Wildman–Crippen MR) is 86.8 cm³/mol. The first-order valence-electron chi connectivity index (χ1n) is 7.54. The summed E-state index contributed by atoms with van der Waals surface area (Å²) in [6.07, 6.45) is 7.08. The van der Waals surface area contributed by atoms with Crippen LogP contribution in [0.4, 0.5) is 5.69 Å². The molecule has 0 radical (unpaired) electrons. The SMILES string of the molecule is CC(C)c1nccn1C(C)C(=O)NCCNc1cccnc1. The third-order valence-corrected chi connectivity index (χ3v) is 3.43. The Hall–Kier alpha value is -2.37. The highest BCUT2D eigenvalue weighted by molar-refractivity contribution is 5.80. The number of carbonyl (C=O) groups excluding carboxylic acids is 1. The monoisotopic (exact) mass is 301 g/mol. The molecule has 22 heavy (non-hydrogen) atoms. The number of rotatable bonds is 7. The van der Waals surface area contributed by atoms with Gasteiger partial charge in [0, 0.05) is 43.8 Å². The summed E-state index contributed by atoms with van der Waals surface area (Å²) < 4.78 is 1.93. The van der Waals surface area contributed by atoms with E-state index >= 15 is 0 Å². The number of carbonyl (C=O) groups is 1. The molecule has 0 saturated heterocycles. The smallest absolute Gasteiger partial charge is 0.242 e. The average molecular weight is 301 g/mol. The van der Waals surface area contributed by atoms with Crippen LogP contribution in [-0.2, 0) is 4.79 Å². The van der Waals surface area contributed by atoms with E-state index < -0.39 is 0 Å². The van der Waals surface area contributed by atoms with Gasteiger partial charge in [0.1, 0.15) is 11.9 Å². The van der Waals surface area contributed by atoms with Gasteiger partial charge in [0.15, 0.2) is 0 Å². The predicted octanol–water partition coefficient (Wildman–Crippen LogP) is 2.19. The molecule has 0 aliphatic carbocycles. The van der Waals surface area contributed by atoms with Gasteiger partial charge < -0.3 is 15.2 Å². The minimum Gasteiger partial charge on any atom is -0.382 e. The van der Waals surface area contributed by atoms with Crippen molar-refractivity contribution in [2.45, 2.75) is 32.7 Å². The number of hydrogen-bond donors (Lipinski definition) is 2. The fourth-order valence-electron chi connectivity index (χ4n) is 2.23. The van der Waals surface area contributed by atoms with Gasteiger partial charge in [-0.25, -0.2) is 4.98 Å². The summed E-state index contributed by atoms with van der Waals surface area (Å²) in [5.41, 5.74) is 0.946. The van der Waals surface area contributed by atoms with Crippen LogP contribution < -0.4 is 10.6 Å². The lowest BCUT2D eigenvalue weighted by molar-refractivity contribution is -0.123. The van der Waals surface area contributed by atoms with E-state index in [1.165, 1.54) is 0 Å². The molecule has 118 valence electrons. The fourth-order valence-corrected chi connectivity index (χ4v) is 2.23. The Bertz CT molecular complexity index is 594. The van der Waals surface area contributed by atoms with E-state index in [4.69, 9.17) is 0 Å². The van der Waals surface area contributed by atoms with Crippen LogP contribution in [0, 0.1) is 0 Å². The van der Waals surface area contributed by atoms with Crippen LogP contribution >= 0.6 is 0 Å². The van der Waals surface area contributed by atoms with Crippen molar-refractivity contribution in [1.82, 2.24) is 19.9 Å². The Morgan fingerprint density at radius 1 is 1.27 bits per heavy atom. The Morgan fingerprint density at radius 3 is 2.77 bits per heavy atom. The van der Waals surface area contributed by atoms with Crippen LogP contribution in [0.2, 0.25) is 0 Å². The molecule has 1 amide bonds. The highest BCUT2D eigenvalue weighted by atomic mass is 16.2. The Morgan fingerprint density at radius 2 is 2.09 bits per heavy atom. The second-order valence-corrected chi connectivity index (χ2v) is 5.48. The van der Waals surface area contributed by atoms with Crippen LogP contribution in [0.1, 0.15) is 38.6 Å². The molecular formula is C16H23N5O. The third kappa shape index (κ3) is 4.07. The molecule has 0 saturated carbocycles. The summed E-state index contributed by atoms with van der Waals surface area (Å²) in [4.78, 5) is 20.6. The number of imidazole rings is 1. The maximum absolute atomic E-state index is 12.2. The zero-order valence-electron chi connectivity index (χ0n) is 13.3. The van der Waals surface area contributed by atoms with Crippen LogP contribution in [0.25, 0.3) is 0 Å². The van der Waals surface area contributed by atoms with Gasteiger partial charge in [-0.2, -0.15) is 0 Å². The van der Waals surface area contributed by atoms with Crippen molar-refractivity contribution in [3.63, 3.8) is 0 Å². The van der Waals surface area contributed by atoms with Crippen molar-refractivity contribution < 1.29 is 4.79 Å². The Labute approximate surface area is 131 Å². The van der Waals surface area contributed by atoms with Gasteiger partial charge in [-0.1, -0.05) is 13.8 Å². The minimum atomic E-state index is -0.265. The standard InChI is InChI=1S/C16H23N5O/c1-12(2)15-19-9-10-21(15)13(3)16(22)20-8-7-18-14-5-4-6-17-11-14/h4-6,9-13,18H,7-8H2,1-3H3,(H,20,22). The van der Waals surface area contributed by atoms with Gasteiger partial charge in [-0.15, -0.1) is 0 Å². The zero-order chi connectivity index (χ0) is 15.9. The lowest BCUT2D eigenvalue weighted by atomic mass is 10.2. The molecule has 2 aromatic rings. The average Bonchev–Trinajstić information content (AvgIpc) is 3.01. The number of nitrogens with zero attached hydrogens (tertiary/aromatic N) is 3. The summed E-state index contributed by atoms with van der Waals surface area (Å²) >= 11 is 0. The largest absolute Gasteiger partial charge is 0.382 e. The summed E-state index contributed by atoms with van der Waals surface area (Å²) in [5.74, 6) is 1.21. The summed E-state index contributed by atoms with van der Waals surface area (Å²) in [7, 11) is 0. The molecule has 2 aromatic heterocycles. The number of anilines is 1. The van der Waals surface area contributed by atoms with Gasteiger partial charge in [-0.05, 0) is 19.1 Å². The maximum atomic E-state index is 12.2. The van der Waals surface area contributed by atoms with Gasteiger partial charge in [-0.3, -0.25) is 9.78 Å². The van der Waals surface area contributed by atoms with Crippen LogP contribution in [-0.4, -0.2) is 33.5 Å². The van der Waals surface area contributed by atoms with Gasteiger partial charge in [0.25, 0.3) is 0 Å². The molecule has 2 N–H and O–H groups in total. The molecule has 0 aromatic carbocycles. The van der Waals surface area contributed by atoms with Crippen LogP contribution in [0.5, 0.6) is 0 Å². The lowest BCUT2D eigenvalue weighted by Crippen LogP contribution is -2.34. The van der Waals surface area contributed by atoms with E-state index in [1.54, 1.807) is 18.6 Å². The molecule has 1 unspecified atom stereocenters. The normalized spacial score (nSPS) is 12.2. The highest BCUT2D eigenvalue weighted by Gasteiger charge is 2.18. The van der Waals surface area contributed by atoms with Gasteiger partial charge >= 0.3 is 0 Å². The van der Waals surface area contributed by atoms with Crippen molar-refractivity contribution in [1.29, 1.82) is 0 Å². The number of hydrogen-bond acceptors (Lipinski definition) is 4. The maximum Gasteiger partial charge on any atom is 0.242 e. The second kappa shape index (κ2) is 7.59. The van der Waals surface area contributed by atoms with E-state index in [1.807, 2.05) is 29.8 Å². The van der Waals surface area contributed by atoms with Crippen molar-refractivity contribution in [3.05, 3.63) is 42.7 Å². The van der Waals surface area contributed by atoms with E-state index in [9.17, 15) is 4.79 Å². The molecule has 0 spiro atoms. The first-order valence-corrected chi connectivity index (χ1v) is 7.54. The van der Waals surface area contributed by atoms with E-state index in [0.717, 1.165) is 11.5 Å². The number of nitrogens with one attached hydrogen (secondary N) is 2. The van der Waals surface area contributed by atoms with Crippen molar-refractivity contribution in [2.24, 2.45) is 0 Å². The molecule has 0 fully saturated rings. The summed E-state index contributed by atoms with van der Waals surface area (Å²) in [5, 5.41) is 6.14. The van der Waals surface area contributed by atoms with Crippen molar-refractivity contribution >= 4 is 11.6 Å². The van der Waals surface area contributed by atoms with E-state index in [-0.39, 0.29) is 17.9 Å². The number of pyridine rings is 1. The Kier molecular flexibility index (Phi) is 5.52. The summed E-state index contributed by atoms with van der Waals surface area (Å²) in [6.45, 7) is 7.24. The van der Waals surface area contributed by atoms with E-state index in [0.29, 0.717) is 13.1 Å². The molecule has 6 nitrogen and oxygen atoms in total. The van der Waals surface area contributed by atoms with E-state index in [2.05, 4.69) is 34.4 Å². The molecule has 0 aliphatic rings. The quantitative estimate of drug-likeness (QED) is 0.769. The Balaban J connectivity index is 1.80. The fraction of sp³-hybridized carbons (Fsp3) is 0.438. The van der Waals surface area contributed by atoms with Crippen LogP contribution in [0.3, 0.4) is 0 Å². The number of aromatic nitrogens is 3. The van der Waals surface area contributed by atoms with Gasteiger partial charge in [0.05, 0.1) is 5.69 Å². The zero-order valence-corrected chi connectivity index (χ0v) is 13.3. The first-order chi connectivity index (χ1) is 10.6. The molecule has 6 heteroatoms. The topological polar surface area (TPSA) is 71.8 Å². The van der Waals surface area contributed by atoms with Crippen molar-refractivity contribution in [3.8, 4) is 0 Å². The first kappa shape index (κ1) is 16.0. The van der Waals surface area contributed by atoms with Gasteiger partial charge in [0.2, 0.25) is 5.91 Å². The minimum absolute atomic E-state index is 0.00659. The molecule has 0 bridgehead atoms.